The zero-order chi connectivity index (χ0) is 13.8. The van der Waals surface area contributed by atoms with Gasteiger partial charge in [-0.3, -0.25) is 0 Å². The second-order valence-electron chi connectivity index (χ2n) is 4.57. The summed E-state index contributed by atoms with van der Waals surface area (Å²) in [6.45, 7) is 2.32. The average molecular weight is 318 g/mol. The zero-order valence-corrected chi connectivity index (χ0v) is 13.9. The van der Waals surface area contributed by atoms with Crippen LogP contribution in [0.2, 0.25) is 5.02 Å². The molecule has 0 aliphatic carbocycles. The van der Waals surface area contributed by atoms with Gasteiger partial charge >= 0.3 is 0 Å². The molecule has 0 aromatic heterocycles. The average Bonchev–Trinajstić information content (AvgIpc) is 2.43. The topological polar surface area (TPSA) is 21.3 Å². The summed E-state index contributed by atoms with van der Waals surface area (Å²) in [5, 5.41) is 5.35. The van der Waals surface area contributed by atoms with E-state index in [2.05, 4.69) is 47.9 Å². The van der Waals surface area contributed by atoms with Crippen LogP contribution in [0, 0.1) is 0 Å². The lowest BCUT2D eigenvalue weighted by molar-refractivity contribution is 0.413. The molecule has 106 valence electrons. The Hall–Kier alpha value is -0.0300. The standard InChI is InChI=1S/C14H20ClNOS2/c1-9-14(19-7-6-18-9)13(16-2)10-4-5-11(15)12(8-10)17-3/h4-5,8-9,13-14,16H,6-7H2,1-3H3. The Morgan fingerprint density at radius 3 is 2.74 bits per heavy atom. The molecule has 1 aromatic rings. The third kappa shape index (κ3) is 3.54. The summed E-state index contributed by atoms with van der Waals surface area (Å²) < 4.78 is 5.32. The molecule has 1 saturated heterocycles. The number of hydrogen-bond donors (Lipinski definition) is 1. The smallest absolute Gasteiger partial charge is 0.137 e. The number of benzene rings is 1. The van der Waals surface area contributed by atoms with Gasteiger partial charge in [0.2, 0.25) is 0 Å². The van der Waals surface area contributed by atoms with E-state index in [9.17, 15) is 0 Å². The first-order valence-corrected chi connectivity index (χ1v) is 8.88. The Labute approximate surface area is 129 Å². The van der Waals surface area contributed by atoms with Crippen LogP contribution in [0.4, 0.5) is 0 Å². The van der Waals surface area contributed by atoms with Gasteiger partial charge in [-0.25, -0.2) is 0 Å². The van der Waals surface area contributed by atoms with E-state index in [-0.39, 0.29) is 0 Å². The van der Waals surface area contributed by atoms with Crippen LogP contribution < -0.4 is 10.1 Å². The Morgan fingerprint density at radius 1 is 1.37 bits per heavy atom. The highest BCUT2D eigenvalue weighted by atomic mass is 35.5. The molecule has 19 heavy (non-hydrogen) atoms. The number of hydrogen-bond acceptors (Lipinski definition) is 4. The van der Waals surface area contributed by atoms with Crippen LogP contribution in [-0.4, -0.2) is 36.2 Å². The number of thioether (sulfide) groups is 2. The Balaban J connectivity index is 2.25. The van der Waals surface area contributed by atoms with Gasteiger partial charge in [0.05, 0.1) is 12.1 Å². The van der Waals surface area contributed by atoms with Crippen molar-refractivity contribution in [2.75, 3.05) is 25.7 Å². The number of ether oxygens (including phenoxy) is 1. The minimum atomic E-state index is 0.332. The van der Waals surface area contributed by atoms with Crippen LogP contribution >= 0.6 is 35.1 Å². The molecule has 2 rings (SSSR count). The van der Waals surface area contributed by atoms with Gasteiger partial charge in [-0.1, -0.05) is 24.6 Å². The van der Waals surface area contributed by atoms with Crippen molar-refractivity contribution >= 4 is 35.1 Å². The van der Waals surface area contributed by atoms with Crippen LogP contribution in [0.1, 0.15) is 18.5 Å². The summed E-state index contributed by atoms with van der Waals surface area (Å²) in [5.41, 5.74) is 1.25. The van der Waals surface area contributed by atoms with E-state index in [1.807, 2.05) is 13.1 Å². The predicted molar refractivity (Wildman–Crippen MR) is 88.0 cm³/mol. The highest BCUT2D eigenvalue weighted by molar-refractivity contribution is 8.07. The van der Waals surface area contributed by atoms with Crippen molar-refractivity contribution in [3.8, 4) is 5.75 Å². The molecule has 3 unspecified atom stereocenters. The third-order valence-electron chi connectivity index (χ3n) is 3.41. The molecule has 1 fully saturated rings. The van der Waals surface area contributed by atoms with Crippen LogP contribution in [0.25, 0.3) is 0 Å². The molecule has 0 amide bonds. The van der Waals surface area contributed by atoms with Crippen molar-refractivity contribution in [3.63, 3.8) is 0 Å². The highest BCUT2D eigenvalue weighted by Crippen LogP contribution is 2.39. The second-order valence-corrected chi connectivity index (χ2v) is 7.75. The van der Waals surface area contributed by atoms with Gasteiger partial charge < -0.3 is 10.1 Å². The van der Waals surface area contributed by atoms with Crippen molar-refractivity contribution in [1.29, 1.82) is 0 Å². The van der Waals surface area contributed by atoms with Crippen molar-refractivity contribution in [2.24, 2.45) is 0 Å². The minimum absolute atomic E-state index is 0.332. The molecule has 1 N–H and O–H groups in total. The summed E-state index contributed by atoms with van der Waals surface area (Å²) >= 11 is 10.2. The summed E-state index contributed by atoms with van der Waals surface area (Å²) in [5.74, 6) is 3.23. The SMILES string of the molecule is CNC(c1ccc(Cl)c(OC)c1)C1SCCSC1C. The van der Waals surface area contributed by atoms with E-state index in [1.54, 1.807) is 7.11 Å². The first kappa shape index (κ1) is 15.4. The van der Waals surface area contributed by atoms with Gasteiger partial charge in [0.15, 0.2) is 0 Å². The van der Waals surface area contributed by atoms with Crippen molar-refractivity contribution < 1.29 is 4.74 Å². The Kier molecular flexibility index (Phi) is 5.75. The molecule has 1 aliphatic heterocycles. The molecular formula is C14H20ClNOS2. The summed E-state index contributed by atoms with van der Waals surface area (Å²) in [6.07, 6.45) is 0. The van der Waals surface area contributed by atoms with E-state index < -0.39 is 0 Å². The lowest BCUT2D eigenvalue weighted by Crippen LogP contribution is -2.36. The normalized spacial score (nSPS) is 25.1. The maximum Gasteiger partial charge on any atom is 0.137 e. The number of halogens is 1. The molecule has 2 nitrogen and oxygen atoms in total. The van der Waals surface area contributed by atoms with E-state index in [1.165, 1.54) is 17.1 Å². The minimum Gasteiger partial charge on any atom is -0.495 e. The molecule has 1 aliphatic rings. The van der Waals surface area contributed by atoms with Gasteiger partial charge in [0, 0.05) is 28.0 Å². The van der Waals surface area contributed by atoms with E-state index in [4.69, 9.17) is 16.3 Å². The zero-order valence-electron chi connectivity index (χ0n) is 11.5. The molecule has 1 heterocycles. The maximum absolute atomic E-state index is 6.10. The van der Waals surface area contributed by atoms with E-state index in [0.29, 0.717) is 21.6 Å². The first-order chi connectivity index (χ1) is 9.17. The number of methoxy groups -OCH3 is 1. The van der Waals surface area contributed by atoms with Crippen LogP contribution in [0.5, 0.6) is 5.75 Å². The van der Waals surface area contributed by atoms with Crippen molar-refractivity contribution in [2.45, 2.75) is 23.5 Å². The largest absolute Gasteiger partial charge is 0.495 e. The maximum atomic E-state index is 6.10. The van der Waals surface area contributed by atoms with Crippen molar-refractivity contribution in [3.05, 3.63) is 28.8 Å². The fourth-order valence-corrected chi connectivity index (χ4v) is 5.59. The van der Waals surface area contributed by atoms with Crippen LogP contribution in [0.15, 0.2) is 18.2 Å². The highest BCUT2D eigenvalue weighted by Gasteiger charge is 2.30. The van der Waals surface area contributed by atoms with E-state index in [0.717, 1.165) is 5.75 Å². The monoisotopic (exact) mass is 317 g/mol. The number of rotatable bonds is 4. The molecule has 0 spiro atoms. The molecule has 0 radical (unpaired) electrons. The molecule has 0 saturated carbocycles. The van der Waals surface area contributed by atoms with Gasteiger partial charge in [0.1, 0.15) is 5.75 Å². The fraction of sp³-hybridized carbons (Fsp3) is 0.571. The van der Waals surface area contributed by atoms with Gasteiger partial charge in [0.25, 0.3) is 0 Å². The van der Waals surface area contributed by atoms with Gasteiger partial charge in [-0.2, -0.15) is 23.5 Å². The lowest BCUT2D eigenvalue weighted by Gasteiger charge is -2.34. The summed E-state index contributed by atoms with van der Waals surface area (Å²) in [6, 6.07) is 6.40. The van der Waals surface area contributed by atoms with Crippen LogP contribution in [0.3, 0.4) is 0 Å². The lowest BCUT2D eigenvalue weighted by atomic mass is 10.0. The van der Waals surface area contributed by atoms with Gasteiger partial charge in [-0.05, 0) is 24.7 Å². The van der Waals surface area contributed by atoms with E-state index >= 15 is 0 Å². The third-order valence-corrected chi connectivity index (χ3v) is 6.92. The predicted octanol–water partition coefficient (Wildman–Crippen LogP) is 3.85. The quantitative estimate of drug-likeness (QED) is 0.910. The molecule has 0 bridgehead atoms. The molecule has 1 aromatic carbocycles. The molecule has 3 atom stereocenters. The fourth-order valence-electron chi connectivity index (χ4n) is 2.41. The second kappa shape index (κ2) is 7.11. The first-order valence-electron chi connectivity index (χ1n) is 6.41. The summed E-state index contributed by atoms with van der Waals surface area (Å²) in [7, 11) is 3.69. The summed E-state index contributed by atoms with van der Waals surface area (Å²) in [4.78, 5) is 0. The van der Waals surface area contributed by atoms with Crippen molar-refractivity contribution in [1.82, 2.24) is 5.32 Å². The van der Waals surface area contributed by atoms with Gasteiger partial charge in [-0.15, -0.1) is 0 Å². The Morgan fingerprint density at radius 2 is 2.11 bits per heavy atom. The number of nitrogens with one attached hydrogen (secondary N) is 1. The molecule has 5 heteroatoms. The van der Waals surface area contributed by atoms with Crippen LogP contribution in [-0.2, 0) is 0 Å². The molecular weight excluding hydrogens is 298 g/mol. The Bertz CT molecular complexity index is 430.